The molecule has 0 bridgehead atoms. The first-order valence-corrected chi connectivity index (χ1v) is 6.92. The SMILES string of the molecule is CC(C)c1ccc(-c2c(N)noc2-c2ccncc2)cc1. The molecule has 4 heteroatoms. The third kappa shape index (κ3) is 2.52. The number of nitrogens with zero attached hydrogens (tertiary/aromatic N) is 2. The maximum atomic E-state index is 5.99. The Bertz CT molecular complexity index is 730. The van der Waals surface area contributed by atoms with Gasteiger partial charge in [0.1, 0.15) is 0 Å². The van der Waals surface area contributed by atoms with Crippen LogP contribution < -0.4 is 5.73 Å². The average Bonchev–Trinajstić information content (AvgIpc) is 2.90. The van der Waals surface area contributed by atoms with E-state index in [-0.39, 0.29) is 0 Å². The third-order valence-electron chi connectivity index (χ3n) is 3.53. The molecule has 0 saturated heterocycles. The lowest BCUT2D eigenvalue weighted by Crippen LogP contribution is -1.91. The summed E-state index contributed by atoms with van der Waals surface area (Å²) in [5.41, 5.74) is 10.0. The Labute approximate surface area is 123 Å². The zero-order chi connectivity index (χ0) is 14.8. The molecule has 0 amide bonds. The van der Waals surface area contributed by atoms with E-state index in [1.54, 1.807) is 12.4 Å². The summed E-state index contributed by atoms with van der Waals surface area (Å²) in [6.45, 7) is 4.34. The number of anilines is 1. The van der Waals surface area contributed by atoms with Gasteiger partial charge in [-0.2, -0.15) is 0 Å². The lowest BCUT2D eigenvalue weighted by molar-refractivity contribution is 0.436. The molecule has 0 spiro atoms. The minimum absolute atomic E-state index is 0.402. The van der Waals surface area contributed by atoms with Crippen molar-refractivity contribution >= 4 is 5.82 Å². The zero-order valence-corrected chi connectivity index (χ0v) is 12.1. The van der Waals surface area contributed by atoms with E-state index in [2.05, 4.69) is 48.3 Å². The third-order valence-corrected chi connectivity index (χ3v) is 3.53. The number of benzene rings is 1. The molecular formula is C17H17N3O. The molecule has 0 saturated carbocycles. The maximum Gasteiger partial charge on any atom is 0.177 e. The summed E-state index contributed by atoms with van der Waals surface area (Å²) in [5, 5.41) is 3.91. The normalized spacial score (nSPS) is 11.0. The van der Waals surface area contributed by atoms with Gasteiger partial charge in [0.15, 0.2) is 11.6 Å². The zero-order valence-electron chi connectivity index (χ0n) is 12.1. The van der Waals surface area contributed by atoms with Crippen molar-refractivity contribution in [2.75, 3.05) is 5.73 Å². The molecule has 106 valence electrons. The number of aromatic nitrogens is 2. The Hall–Kier alpha value is -2.62. The first-order chi connectivity index (χ1) is 10.2. The molecule has 0 atom stereocenters. The first kappa shape index (κ1) is 13.4. The molecule has 3 rings (SSSR count). The van der Waals surface area contributed by atoms with Crippen LogP contribution in [0, 0.1) is 0 Å². The van der Waals surface area contributed by atoms with Crippen LogP contribution in [-0.4, -0.2) is 10.1 Å². The van der Waals surface area contributed by atoms with Crippen LogP contribution in [0.3, 0.4) is 0 Å². The number of hydrogen-bond acceptors (Lipinski definition) is 4. The monoisotopic (exact) mass is 279 g/mol. The molecule has 2 N–H and O–H groups in total. The molecule has 0 aliphatic carbocycles. The van der Waals surface area contributed by atoms with Crippen LogP contribution >= 0.6 is 0 Å². The number of pyridine rings is 1. The van der Waals surface area contributed by atoms with Crippen molar-refractivity contribution in [1.82, 2.24) is 10.1 Å². The lowest BCUT2D eigenvalue weighted by atomic mass is 9.97. The summed E-state index contributed by atoms with van der Waals surface area (Å²) >= 11 is 0. The van der Waals surface area contributed by atoms with Gasteiger partial charge < -0.3 is 10.3 Å². The Morgan fingerprint density at radius 3 is 2.24 bits per heavy atom. The van der Waals surface area contributed by atoms with E-state index in [1.807, 2.05) is 12.1 Å². The second-order valence-electron chi connectivity index (χ2n) is 5.28. The molecule has 0 radical (unpaired) electrons. The Morgan fingerprint density at radius 1 is 0.952 bits per heavy atom. The summed E-state index contributed by atoms with van der Waals surface area (Å²) in [5.74, 6) is 1.57. The molecule has 4 nitrogen and oxygen atoms in total. The van der Waals surface area contributed by atoms with Gasteiger partial charge >= 0.3 is 0 Å². The van der Waals surface area contributed by atoms with Crippen LogP contribution in [-0.2, 0) is 0 Å². The minimum atomic E-state index is 0.402. The predicted molar refractivity (Wildman–Crippen MR) is 83.7 cm³/mol. The fourth-order valence-electron chi connectivity index (χ4n) is 2.32. The summed E-state index contributed by atoms with van der Waals surface area (Å²) in [4.78, 5) is 4.02. The van der Waals surface area contributed by atoms with Gasteiger partial charge in [0.05, 0.1) is 5.56 Å². The van der Waals surface area contributed by atoms with Crippen LogP contribution in [0.1, 0.15) is 25.3 Å². The minimum Gasteiger partial charge on any atom is -0.380 e. The number of rotatable bonds is 3. The molecule has 0 aliphatic rings. The van der Waals surface area contributed by atoms with E-state index >= 15 is 0 Å². The molecule has 2 heterocycles. The van der Waals surface area contributed by atoms with Crippen molar-refractivity contribution in [1.29, 1.82) is 0 Å². The fourth-order valence-corrected chi connectivity index (χ4v) is 2.32. The molecule has 3 aromatic rings. The number of nitrogen functional groups attached to an aromatic ring is 1. The lowest BCUT2D eigenvalue weighted by Gasteiger charge is -2.07. The van der Waals surface area contributed by atoms with Gasteiger partial charge in [0.25, 0.3) is 0 Å². The van der Waals surface area contributed by atoms with Crippen molar-refractivity contribution < 1.29 is 4.52 Å². The second-order valence-corrected chi connectivity index (χ2v) is 5.28. The topological polar surface area (TPSA) is 64.9 Å². The maximum absolute atomic E-state index is 5.99. The quantitative estimate of drug-likeness (QED) is 0.783. The van der Waals surface area contributed by atoms with Gasteiger partial charge in [0, 0.05) is 18.0 Å². The Kier molecular flexibility index (Phi) is 3.44. The van der Waals surface area contributed by atoms with E-state index in [0.717, 1.165) is 16.7 Å². The van der Waals surface area contributed by atoms with E-state index < -0.39 is 0 Å². The van der Waals surface area contributed by atoms with Gasteiger partial charge in [-0.3, -0.25) is 4.98 Å². The second kappa shape index (κ2) is 5.40. The van der Waals surface area contributed by atoms with Crippen LogP contribution in [0.5, 0.6) is 0 Å². The molecule has 1 aromatic carbocycles. The standard InChI is InChI=1S/C17H17N3O/c1-11(2)12-3-5-13(6-4-12)15-16(21-20-17(15)18)14-7-9-19-10-8-14/h3-11H,1-2H3,(H2,18,20). The number of hydrogen-bond donors (Lipinski definition) is 1. The van der Waals surface area contributed by atoms with Gasteiger partial charge in [-0.25, -0.2) is 0 Å². The van der Waals surface area contributed by atoms with Crippen LogP contribution in [0.2, 0.25) is 0 Å². The van der Waals surface area contributed by atoms with Crippen molar-refractivity contribution in [3.8, 4) is 22.5 Å². The molecular weight excluding hydrogens is 262 g/mol. The van der Waals surface area contributed by atoms with E-state index in [0.29, 0.717) is 17.5 Å². The summed E-state index contributed by atoms with van der Waals surface area (Å²) in [7, 11) is 0. The van der Waals surface area contributed by atoms with Crippen molar-refractivity contribution in [2.45, 2.75) is 19.8 Å². The average molecular weight is 279 g/mol. The smallest absolute Gasteiger partial charge is 0.177 e. The summed E-state index contributed by atoms with van der Waals surface area (Å²) < 4.78 is 5.41. The Balaban J connectivity index is 2.08. The summed E-state index contributed by atoms with van der Waals surface area (Å²) in [6.07, 6.45) is 3.44. The molecule has 0 aliphatic heterocycles. The van der Waals surface area contributed by atoms with Gasteiger partial charge in [0.2, 0.25) is 0 Å². The highest BCUT2D eigenvalue weighted by Crippen LogP contribution is 2.36. The van der Waals surface area contributed by atoms with Crippen molar-refractivity contribution in [3.05, 3.63) is 54.4 Å². The molecule has 0 fully saturated rings. The van der Waals surface area contributed by atoms with Crippen molar-refractivity contribution in [3.63, 3.8) is 0 Å². The van der Waals surface area contributed by atoms with Gasteiger partial charge in [-0.05, 0) is 29.2 Å². The predicted octanol–water partition coefficient (Wildman–Crippen LogP) is 4.11. The highest BCUT2D eigenvalue weighted by Gasteiger charge is 2.17. The molecule has 21 heavy (non-hydrogen) atoms. The van der Waals surface area contributed by atoms with E-state index in [9.17, 15) is 0 Å². The Morgan fingerprint density at radius 2 is 1.62 bits per heavy atom. The van der Waals surface area contributed by atoms with Crippen LogP contribution in [0.15, 0.2) is 53.3 Å². The van der Waals surface area contributed by atoms with Gasteiger partial charge in [-0.1, -0.05) is 43.3 Å². The molecule has 0 unspecified atom stereocenters. The van der Waals surface area contributed by atoms with Gasteiger partial charge in [-0.15, -0.1) is 0 Å². The van der Waals surface area contributed by atoms with Crippen LogP contribution in [0.4, 0.5) is 5.82 Å². The van der Waals surface area contributed by atoms with Crippen molar-refractivity contribution in [2.24, 2.45) is 0 Å². The largest absolute Gasteiger partial charge is 0.380 e. The highest BCUT2D eigenvalue weighted by atomic mass is 16.5. The van der Waals surface area contributed by atoms with E-state index in [1.165, 1.54) is 5.56 Å². The summed E-state index contributed by atoms with van der Waals surface area (Å²) in [6, 6.07) is 12.1. The number of nitrogens with two attached hydrogens (primary N) is 1. The van der Waals surface area contributed by atoms with E-state index in [4.69, 9.17) is 10.3 Å². The van der Waals surface area contributed by atoms with Crippen LogP contribution in [0.25, 0.3) is 22.5 Å². The highest BCUT2D eigenvalue weighted by molar-refractivity contribution is 5.86. The fraction of sp³-hybridized carbons (Fsp3) is 0.176. The first-order valence-electron chi connectivity index (χ1n) is 6.92. The molecule has 2 aromatic heterocycles.